The van der Waals surface area contributed by atoms with Crippen LogP contribution in [0.15, 0.2) is 0 Å². The van der Waals surface area contributed by atoms with Crippen LogP contribution in [0, 0.1) is 5.92 Å². The lowest BCUT2D eigenvalue weighted by Gasteiger charge is -2.32. The van der Waals surface area contributed by atoms with Gasteiger partial charge in [-0.1, -0.05) is 12.8 Å². The quantitative estimate of drug-likeness (QED) is 0.747. The summed E-state index contributed by atoms with van der Waals surface area (Å²) in [6, 6.07) is 0. The predicted molar refractivity (Wildman–Crippen MR) is 91.7 cm³/mol. The van der Waals surface area contributed by atoms with E-state index in [4.69, 9.17) is 9.47 Å². The molecular weight excluding hydrogens is 308 g/mol. The molecule has 0 spiro atoms. The van der Waals surface area contributed by atoms with Crippen LogP contribution in [0.5, 0.6) is 0 Å². The smallest absolute Gasteiger partial charge is 0.407 e. The summed E-state index contributed by atoms with van der Waals surface area (Å²) in [6.45, 7) is 8.35. The maximum Gasteiger partial charge on any atom is 0.407 e. The Hall–Kier alpha value is -1.30. The number of ether oxygens (including phenoxy) is 2. The Morgan fingerprint density at radius 3 is 2.38 bits per heavy atom. The third kappa shape index (κ3) is 6.30. The number of rotatable bonds is 7. The molecule has 24 heavy (non-hydrogen) atoms. The molecule has 0 aromatic rings. The summed E-state index contributed by atoms with van der Waals surface area (Å²) in [5.41, 5.74) is -0.910. The van der Waals surface area contributed by atoms with E-state index < -0.39 is 17.8 Å². The molecule has 6 heteroatoms. The van der Waals surface area contributed by atoms with Crippen molar-refractivity contribution in [3.63, 3.8) is 0 Å². The summed E-state index contributed by atoms with van der Waals surface area (Å²) < 4.78 is 10.9. The van der Waals surface area contributed by atoms with Gasteiger partial charge in [0.2, 0.25) is 5.91 Å². The van der Waals surface area contributed by atoms with Gasteiger partial charge in [-0.2, -0.15) is 0 Å². The molecule has 0 radical (unpaired) electrons. The Labute approximate surface area is 145 Å². The normalized spacial score (nSPS) is 21.2. The summed E-state index contributed by atoms with van der Waals surface area (Å²) >= 11 is 0. The van der Waals surface area contributed by atoms with Gasteiger partial charge >= 0.3 is 6.09 Å². The Kier molecular flexibility index (Phi) is 6.12. The van der Waals surface area contributed by atoms with Gasteiger partial charge in [-0.05, 0) is 59.3 Å². The Bertz CT molecular complexity index is 448. The molecule has 2 saturated carbocycles. The van der Waals surface area contributed by atoms with E-state index in [0.29, 0.717) is 19.1 Å². The van der Waals surface area contributed by atoms with Crippen molar-refractivity contribution < 1.29 is 19.1 Å². The topological polar surface area (TPSA) is 76.7 Å². The standard InChI is InChI=1S/C18H32N2O4/c1-13(23-11-14-7-8-14)15(21)20-18(9-5-6-10-18)12-19-16(22)24-17(2,3)4/h13-14H,5-12H2,1-4H3,(H,19,22)(H,20,21). The number of alkyl carbamates (subject to hydrolysis) is 1. The number of amides is 2. The van der Waals surface area contributed by atoms with E-state index in [1.54, 1.807) is 6.92 Å². The molecule has 2 amide bonds. The van der Waals surface area contributed by atoms with Crippen LogP contribution in [-0.4, -0.2) is 42.4 Å². The fourth-order valence-corrected chi connectivity index (χ4v) is 2.96. The third-order valence-electron chi connectivity index (χ3n) is 4.57. The zero-order chi connectivity index (χ0) is 17.8. The summed E-state index contributed by atoms with van der Waals surface area (Å²) in [5, 5.41) is 5.93. The Morgan fingerprint density at radius 1 is 1.21 bits per heavy atom. The first-order valence-corrected chi connectivity index (χ1v) is 9.10. The molecular formula is C18H32N2O4. The highest BCUT2D eigenvalue weighted by Crippen LogP contribution is 2.30. The van der Waals surface area contributed by atoms with Crippen LogP contribution >= 0.6 is 0 Å². The van der Waals surface area contributed by atoms with E-state index in [9.17, 15) is 9.59 Å². The van der Waals surface area contributed by atoms with Crippen molar-refractivity contribution in [2.24, 2.45) is 5.92 Å². The Morgan fingerprint density at radius 2 is 1.83 bits per heavy atom. The minimum atomic E-state index is -0.526. The first-order valence-electron chi connectivity index (χ1n) is 9.10. The maximum absolute atomic E-state index is 12.4. The molecule has 6 nitrogen and oxygen atoms in total. The Balaban J connectivity index is 1.82. The largest absolute Gasteiger partial charge is 0.444 e. The van der Waals surface area contributed by atoms with Gasteiger partial charge in [0.1, 0.15) is 11.7 Å². The number of carbonyl (C=O) groups is 2. The van der Waals surface area contributed by atoms with Gasteiger partial charge in [-0.3, -0.25) is 4.79 Å². The SMILES string of the molecule is CC(OCC1CC1)C(=O)NC1(CNC(=O)OC(C)(C)C)CCCC1. The van der Waals surface area contributed by atoms with Crippen molar-refractivity contribution in [3.8, 4) is 0 Å². The van der Waals surface area contributed by atoms with Crippen LogP contribution in [0.2, 0.25) is 0 Å². The molecule has 1 atom stereocenters. The maximum atomic E-state index is 12.4. The average molecular weight is 340 g/mol. The highest BCUT2D eigenvalue weighted by molar-refractivity contribution is 5.81. The molecule has 2 rings (SSSR count). The second-order valence-corrected chi connectivity index (χ2v) is 8.25. The lowest BCUT2D eigenvalue weighted by molar-refractivity contribution is -0.134. The van der Waals surface area contributed by atoms with Crippen molar-refractivity contribution in [3.05, 3.63) is 0 Å². The van der Waals surface area contributed by atoms with Gasteiger partial charge in [0.05, 0.1) is 12.1 Å². The molecule has 2 N–H and O–H groups in total. The fourth-order valence-electron chi connectivity index (χ4n) is 2.96. The second-order valence-electron chi connectivity index (χ2n) is 8.25. The highest BCUT2D eigenvalue weighted by atomic mass is 16.6. The van der Waals surface area contributed by atoms with Gasteiger partial charge in [0, 0.05) is 6.54 Å². The van der Waals surface area contributed by atoms with Crippen molar-refractivity contribution in [1.82, 2.24) is 10.6 Å². The zero-order valence-corrected chi connectivity index (χ0v) is 15.4. The van der Waals surface area contributed by atoms with Gasteiger partial charge in [0.25, 0.3) is 0 Å². The molecule has 0 heterocycles. The van der Waals surface area contributed by atoms with E-state index in [2.05, 4.69) is 10.6 Å². The van der Waals surface area contributed by atoms with E-state index in [1.165, 1.54) is 12.8 Å². The van der Waals surface area contributed by atoms with Gasteiger partial charge in [-0.15, -0.1) is 0 Å². The van der Waals surface area contributed by atoms with Crippen LogP contribution in [0.25, 0.3) is 0 Å². The molecule has 0 saturated heterocycles. The molecule has 0 bridgehead atoms. The zero-order valence-electron chi connectivity index (χ0n) is 15.4. The fraction of sp³-hybridized carbons (Fsp3) is 0.889. The van der Waals surface area contributed by atoms with Crippen LogP contribution < -0.4 is 10.6 Å². The molecule has 0 aromatic carbocycles. The molecule has 2 aliphatic rings. The molecule has 138 valence electrons. The summed E-state index contributed by atoms with van der Waals surface area (Å²) in [6.07, 6.45) is 5.34. The van der Waals surface area contributed by atoms with E-state index in [1.807, 2.05) is 20.8 Å². The van der Waals surface area contributed by atoms with Gasteiger partial charge in [-0.25, -0.2) is 4.79 Å². The van der Waals surface area contributed by atoms with Crippen LogP contribution in [0.4, 0.5) is 4.79 Å². The number of carbonyl (C=O) groups excluding carboxylic acids is 2. The summed E-state index contributed by atoms with van der Waals surface area (Å²) in [7, 11) is 0. The summed E-state index contributed by atoms with van der Waals surface area (Å²) in [4.78, 5) is 24.3. The van der Waals surface area contributed by atoms with E-state index in [0.717, 1.165) is 25.7 Å². The molecule has 0 aromatic heterocycles. The van der Waals surface area contributed by atoms with Crippen molar-refractivity contribution >= 4 is 12.0 Å². The van der Waals surface area contributed by atoms with Gasteiger partial charge in [0.15, 0.2) is 0 Å². The first kappa shape index (κ1) is 19.0. The first-order chi connectivity index (χ1) is 11.2. The van der Waals surface area contributed by atoms with Crippen LogP contribution in [0.3, 0.4) is 0 Å². The monoisotopic (exact) mass is 340 g/mol. The third-order valence-corrected chi connectivity index (χ3v) is 4.57. The summed E-state index contributed by atoms with van der Waals surface area (Å²) in [5.74, 6) is 0.540. The van der Waals surface area contributed by atoms with Crippen LogP contribution in [0.1, 0.15) is 66.2 Å². The van der Waals surface area contributed by atoms with Crippen molar-refractivity contribution in [1.29, 1.82) is 0 Å². The minimum Gasteiger partial charge on any atom is -0.444 e. The number of nitrogens with one attached hydrogen (secondary N) is 2. The van der Waals surface area contributed by atoms with Crippen molar-refractivity contribution in [2.45, 2.75) is 83.5 Å². The number of hydrogen-bond acceptors (Lipinski definition) is 4. The number of hydrogen-bond donors (Lipinski definition) is 2. The lowest BCUT2D eigenvalue weighted by atomic mass is 9.97. The predicted octanol–water partition coefficient (Wildman–Crippen LogP) is 2.76. The average Bonchev–Trinajstić information content (AvgIpc) is 3.20. The molecule has 1 unspecified atom stereocenters. The second kappa shape index (κ2) is 7.72. The van der Waals surface area contributed by atoms with E-state index >= 15 is 0 Å². The highest BCUT2D eigenvalue weighted by Gasteiger charge is 2.37. The minimum absolute atomic E-state index is 0.0939. The molecule has 2 aliphatic carbocycles. The molecule has 0 aliphatic heterocycles. The van der Waals surface area contributed by atoms with Gasteiger partial charge < -0.3 is 20.1 Å². The lowest BCUT2D eigenvalue weighted by Crippen LogP contribution is -2.56. The van der Waals surface area contributed by atoms with E-state index in [-0.39, 0.29) is 11.4 Å². The molecule has 2 fully saturated rings. The van der Waals surface area contributed by atoms with Crippen LogP contribution in [-0.2, 0) is 14.3 Å². The van der Waals surface area contributed by atoms with Crippen molar-refractivity contribution in [2.75, 3.05) is 13.2 Å².